The van der Waals surface area contributed by atoms with Gasteiger partial charge in [-0.3, -0.25) is 0 Å². The average Bonchev–Trinajstić information content (AvgIpc) is 0.751. The Morgan fingerprint density at radius 3 is 0.894 bits per heavy atom. The third-order valence-electron chi connectivity index (χ3n) is 32.2. The summed E-state index contributed by atoms with van der Waals surface area (Å²) in [5.41, 5.74) is 42.6. The van der Waals surface area contributed by atoms with Crippen LogP contribution in [0.25, 0.3) is 41.8 Å². The van der Waals surface area contributed by atoms with Crippen molar-refractivity contribution in [3.63, 3.8) is 0 Å². The molecule has 8 aliphatic rings. The zero-order valence-electron chi connectivity index (χ0n) is 84.3. The fraction of sp³-hybridized carbons (Fsp3) is 0.741. The Balaban J connectivity index is 0.000000200. The zero-order chi connectivity index (χ0) is 96.6. The number of unbranched alkanes of at least 4 members (excludes halogenated alkanes) is 13. The topological polar surface area (TPSA) is 313 Å². The molecule has 4 N–H and O–H groups in total. The first-order valence-electron chi connectivity index (χ1n) is 51.1. The van der Waals surface area contributed by atoms with Crippen molar-refractivity contribution >= 4 is 79.5 Å². The number of allylic oxidation sites excluding steroid dienone is 2. The molecule has 24 heteroatoms. The van der Waals surface area contributed by atoms with E-state index >= 15 is 0 Å². The summed E-state index contributed by atoms with van der Waals surface area (Å²) in [5.74, 6) is 6.49. The number of ether oxygens (including phenoxy) is 4. The van der Waals surface area contributed by atoms with Crippen molar-refractivity contribution in [2.75, 3.05) is 9.76 Å². The number of phenolic OH excluding ortho intramolecular Hbond substituents is 4. The second kappa shape index (κ2) is 50.0. The van der Waals surface area contributed by atoms with Crippen LogP contribution < -0.4 is 18.9 Å². The van der Waals surface area contributed by atoms with Crippen molar-refractivity contribution in [3.8, 4) is 46.0 Å². The predicted molar refractivity (Wildman–Crippen MR) is 568 cm³/mol. The number of aromatic hydroxyl groups is 4. The first kappa shape index (κ1) is 110. The summed E-state index contributed by atoms with van der Waals surface area (Å²) in [4.78, 5) is 12.2. The van der Waals surface area contributed by atoms with Crippen LogP contribution in [0.3, 0.4) is 0 Å². The quantitative estimate of drug-likeness (QED) is 0.00629. The standard InChI is InChI=1S/C24H36BrN3O2.C24H36IN3O2.C24H34IN3O2.C24H34N3O2.3C4H9.Sn/c3*1-23(2,11-7-5-6-8-12-25)16-13-20(29)22-18-15-17(27-28-26)9-10-19(18)24(3,4)30-21(22)14-16;1-6-7-8-9-12-23(2,3)16-13-20(28)22-18-15-17(26-27-25)10-11-19(18)24(4,5)29-21(22)14-16;3*1-3-4-2;/h2*13-14,17-19,29H,5-12,15H2,1-4H3;8,12-14,17-19,29H,5-7,9-11,15H2,1-4H3;1,6,13-14,17-19,28H,7-12,15H2,2-5H3;3*1,3-4H2,2H3;/t4*17-,18-,19-;;;;/m1111..../s1. The third-order valence-corrected chi connectivity index (χ3v) is 48.2. The number of alkyl halides is 2. The van der Waals surface area contributed by atoms with E-state index in [0.29, 0.717) is 46.7 Å². The van der Waals surface area contributed by atoms with Gasteiger partial charge in [0.1, 0.15) is 51.3 Å². The molecule has 4 aromatic carbocycles. The molecule has 4 aromatic rings. The fourth-order valence-electron chi connectivity index (χ4n) is 24.1. The van der Waals surface area contributed by atoms with Crippen molar-refractivity contribution in [2.24, 2.45) is 44.1 Å². The number of halogens is 3. The van der Waals surface area contributed by atoms with Crippen molar-refractivity contribution in [1.82, 2.24) is 0 Å². The van der Waals surface area contributed by atoms with Gasteiger partial charge in [-0.2, -0.15) is 0 Å². The number of hydrogen-bond acceptors (Lipinski definition) is 12. The molecule has 12 atom stereocenters. The molecule has 0 unspecified atom stereocenters. The summed E-state index contributed by atoms with van der Waals surface area (Å²) < 4.78 is 36.8. The summed E-state index contributed by atoms with van der Waals surface area (Å²) in [6.07, 6.45) is 44.8. The normalized spacial score (nSPS) is 24.0. The van der Waals surface area contributed by atoms with Gasteiger partial charge in [-0.25, -0.2) is 0 Å². The van der Waals surface area contributed by atoms with Crippen LogP contribution in [0.1, 0.15) is 431 Å². The molecule has 20 nitrogen and oxygen atoms in total. The maximum atomic E-state index is 11.3. The van der Waals surface area contributed by atoms with E-state index in [1.165, 1.54) is 120 Å². The van der Waals surface area contributed by atoms with Gasteiger partial charge >= 0.3 is 202 Å². The molecule has 4 aliphatic carbocycles. The van der Waals surface area contributed by atoms with E-state index in [2.05, 4.69) is 277 Å². The zero-order valence-corrected chi connectivity index (χ0v) is 93.0. The van der Waals surface area contributed by atoms with Crippen molar-refractivity contribution in [3.05, 3.63) is 155 Å². The first-order chi connectivity index (χ1) is 62.6. The molecular formula is C108H167BrI2N12O8Sn. The molecule has 732 valence electrons. The number of fused-ring (bicyclic) bond motifs is 12. The van der Waals surface area contributed by atoms with Gasteiger partial charge in [0.2, 0.25) is 0 Å². The van der Waals surface area contributed by atoms with Crippen LogP contribution in [-0.2, 0) is 21.7 Å². The summed E-state index contributed by atoms with van der Waals surface area (Å²) in [6.45, 7) is 42.5. The van der Waals surface area contributed by atoms with Gasteiger partial charge in [0, 0.05) is 89.5 Å². The second-order valence-corrected chi connectivity index (χ2v) is 60.8. The summed E-state index contributed by atoms with van der Waals surface area (Å²) >= 11 is 6.03. The van der Waals surface area contributed by atoms with E-state index in [-0.39, 0.29) is 91.9 Å². The van der Waals surface area contributed by atoms with Crippen LogP contribution in [0, 0.1) is 23.7 Å². The molecule has 0 saturated heterocycles. The van der Waals surface area contributed by atoms with Gasteiger partial charge in [-0.15, -0.1) is 0 Å². The molecule has 0 aromatic heterocycles. The number of azide groups is 4. The molecule has 12 rings (SSSR count). The number of nitrogens with zero attached hydrogens (tertiary/aromatic N) is 12. The fourth-order valence-corrected chi connectivity index (χ4v) is 39.9. The SMILES string of the molecule is CC(C)(CCCCC=CI)c1cc(O)c2c(c1)OC(C)(C)[C@@H]1CC[C@@H](N=[N+]=[N-])C[C@@H]21.CC(C)(CCCCCCBr)c1cc(O)c2c(c1)OC(C)(C)[C@@H]1CC[C@@H](N=[N+]=[N-])C[C@@H]21.CC(C)(CCCCCCI)c1cc(O)c2c(c1)OC(C)(C)[C@@H]1CC[C@@H](N=[N+]=[N-])C[C@@H]21.CCC[CH2][Sn]([CH]=CCCCCC(C)(C)c1cc(O)c2c(c1)OC(C)(C)[C@@H]1CC[C@@H](N=[N+]=[N-])C[C@@H]21)([CH2]CCC)[CH2]CCC. The Kier molecular flexibility index (Phi) is 41.8. The van der Waals surface area contributed by atoms with Crippen molar-refractivity contribution in [1.29, 1.82) is 0 Å². The minimum atomic E-state index is -2.18. The van der Waals surface area contributed by atoms with E-state index in [9.17, 15) is 20.4 Å². The van der Waals surface area contributed by atoms with Crippen LogP contribution in [0.15, 0.2) is 89.3 Å². The van der Waals surface area contributed by atoms with Gasteiger partial charge < -0.3 is 29.5 Å². The van der Waals surface area contributed by atoms with E-state index in [0.717, 1.165) is 188 Å². The minimum absolute atomic E-state index is 0.00365. The van der Waals surface area contributed by atoms with Crippen LogP contribution >= 0.6 is 61.1 Å². The number of phenols is 4. The number of benzene rings is 4. The molecular weight excluding hydrogens is 2050 g/mol. The summed E-state index contributed by atoms with van der Waals surface area (Å²) in [5, 5.41) is 61.7. The van der Waals surface area contributed by atoms with E-state index in [4.69, 9.17) is 41.1 Å². The maximum absolute atomic E-state index is 11.3. The van der Waals surface area contributed by atoms with Crippen molar-refractivity contribution in [2.45, 2.75) is 468 Å². The van der Waals surface area contributed by atoms with E-state index < -0.39 is 18.4 Å². The monoisotopic (exact) mass is 2210 g/mol. The predicted octanol–water partition coefficient (Wildman–Crippen LogP) is 35.4. The third kappa shape index (κ3) is 29.0. The van der Waals surface area contributed by atoms with Crippen LogP contribution in [0.5, 0.6) is 46.0 Å². The van der Waals surface area contributed by atoms with Crippen LogP contribution in [0.2, 0.25) is 13.3 Å². The molecule has 0 spiro atoms. The van der Waals surface area contributed by atoms with Gasteiger partial charge in [0.25, 0.3) is 0 Å². The average molecular weight is 2210 g/mol. The second-order valence-electron chi connectivity index (χ2n) is 45.2. The molecule has 0 radical (unpaired) electrons. The number of rotatable bonds is 40. The van der Waals surface area contributed by atoms with Gasteiger partial charge in [0.15, 0.2) is 0 Å². The summed E-state index contributed by atoms with van der Waals surface area (Å²) in [7, 11) is 0. The molecule has 4 saturated carbocycles. The van der Waals surface area contributed by atoms with Crippen LogP contribution in [0.4, 0.5) is 0 Å². The molecule has 4 aliphatic heterocycles. The molecule has 4 fully saturated rings. The molecule has 0 amide bonds. The van der Waals surface area contributed by atoms with Crippen LogP contribution in [-0.4, -0.2) is 95.1 Å². The van der Waals surface area contributed by atoms with Gasteiger partial charge in [-0.05, 0) is 295 Å². The Morgan fingerprint density at radius 1 is 0.386 bits per heavy atom. The van der Waals surface area contributed by atoms with E-state index in [1.54, 1.807) is 13.3 Å². The number of hydrogen-bond donors (Lipinski definition) is 4. The summed E-state index contributed by atoms with van der Waals surface area (Å²) in [6, 6.07) is 16.5. The first-order valence-corrected chi connectivity index (χ1v) is 62.7. The molecule has 0 bridgehead atoms. The Bertz CT molecular complexity index is 4520. The molecule has 132 heavy (non-hydrogen) atoms. The Hall–Kier alpha value is -5.26. The van der Waals surface area contributed by atoms with Gasteiger partial charge in [-0.1, -0.05) is 174 Å². The van der Waals surface area contributed by atoms with Gasteiger partial charge in [0.05, 0.1) is 0 Å². The van der Waals surface area contributed by atoms with E-state index in [1.807, 2.05) is 24.3 Å². The molecule has 4 heterocycles. The van der Waals surface area contributed by atoms with Crippen molar-refractivity contribution < 1.29 is 39.4 Å². The Labute approximate surface area is 834 Å². The Morgan fingerprint density at radius 2 is 0.644 bits per heavy atom.